The lowest BCUT2D eigenvalue weighted by Crippen LogP contribution is -2.24. The van der Waals surface area contributed by atoms with Crippen LogP contribution in [0.3, 0.4) is 0 Å². The standard InChI is InChI=1S/C19H14ClF3N4O2S/c1-2-7-27-17(29)12-5-3-4-6-14(12)25-18(27)30-10-15(28)26-16-13(20)8-11(9-24-16)19(21,22)23/h2-6,8-9H,1,7,10H2,(H,24,26,28). The minimum absolute atomic E-state index is 0.166. The molecular weight excluding hydrogens is 441 g/mol. The van der Waals surface area contributed by atoms with Crippen LogP contribution in [0.2, 0.25) is 5.02 Å². The van der Waals surface area contributed by atoms with Crippen molar-refractivity contribution in [2.75, 3.05) is 11.1 Å². The molecule has 0 saturated carbocycles. The number of anilines is 1. The third-order valence-electron chi connectivity index (χ3n) is 3.90. The summed E-state index contributed by atoms with van der Waals surface area (Å²) in [5.74, 6) is -0.923. The maximum atomic E-state index is 12.7. The van der Waals surface area contributed by atoms with Gasteiger partial charge in [0, 0.05) is 12.7 Å². The van der Waals surface area contributed by atoms with Gasteiger partial charge in [0.2, 0.25) is 5.91 Å². The van der Waals surface area contributed by atoms with Gasteiger partial charge in [0.1, 0.15) is 0 Å². The van der Waals surface area contributed by atoms with Crippen molar-refractivity contribution in [2.45, 2.75) is 17.9 Å². The summed E-state index contributed by atoms with van der Waals surface area (Å²) in [6.07, 6.45) is -2.47. The van der Waals surface area contributed by atoms with E-state index in [1.807, 2.05) is 0 Å². The number of nitrogens with one attached hydrogen (secondary N) is 1. The lowest BCUT2D eigenvalue weighted by Gasteiger charge is -2.12. The highest BCUT2D eigenvalue weighted by Crippen LogP contribution is 2.32. The summed E-state index contributed by atoms with van der Waals surface area (Å²) in [5, 5.41) is 2.76. The molecule has 30 heavy (non-hydrogen) atoms. The van der Waals surface area contributed by atoms with E-state index in [2.05, 4.69) is 21.9 Å². The van der Waals surface area contributed by atoms with Gasteiger partial charge in [-0.15, -0.1) is 6.58 Å². The van der Waals surface area contributed by atoms with Crippen LogP contribution >= 0.6 is 23.4 Å². The number of para-hydroxylation sites is 1. The van der Waals surface area contributed by atoms with Crippen molar-refractivity contribution in [1.82, 2.24) is 14.5 Å². The quantitative estimate of drug-likeness (QED) is 0.340. The zero-order valence-electron chi connectivity index (χ0n) is 15.2. The Morgan fingerprint density at radius 3 is 2.73 bits per heavy atom. The van der Waals surface area contributed by atoms with E-state index in [-0.39, 0.29) is 28.7 Å². The molecule has 156 valence electrons. The first-order chi connectivity index (χ1) is 14.2. The van der Waals surface area contributed by atoms with E-state index < -0.39 is 17.6 Å². The predicted octanol–water partition coefficient (Wildman–Crippen LogP) is 4.38. The molecule has 6 nitrogen and oxygen atoms in total. The van der Waals surface area contributed by atoms with E-state index >= 15 is 0 Å². The number of aromatic nitrogens is 3. The molecule has 0 unspecified atom stereocenters. The van der Waals surface area contributed by atoms with Crippen LogP contribution in [-0.2, 0) is 17.5 Å². The fraction of sp³-hybridized carbons (Fsp3) is 0.158. The number of fused-ring (bicyclic) bond motifs is 1. The molecule has 3 aromatic rings. The second kappa shape index (κ2) is 8.88. The minimum atomic E-state index is -4.59. The summed E-state index contributed by atoms with van der Waals surface area (Å²) in [4.78, 5) is 32.9. The number of alkyl halides is 3. The van der Waals surface area contributed by atoms with Crippen LogP contribution in [0.5, 0.6) is 0 Å². The van der Waals surface area contributed by atoms with Crippen molar-refractivity contribution in [3.8, 4) is 0 Å². The summed E-state index contributed by atoms with van der Waals surface area (Å²) < 4.78 is 39.4. The largest absolute Gasteiger partial charge is 0.417 e. The molecule has 0 atom stereocenters. The van der Waals surface area contributed by atoms with E-state index in [4.69, 9.17) is 11.6 Å². The van der Waals surface area contributed by atoms with E-state index in [1.165, 1.54) is 10.6 Å². The number of carbonyl (C=O) groups is 1. The van der Waals surface area contributed by atoms with Crippen LogP contribution in [0.25, 0.3) is 10.9 Å². The Morgan fingerprint density at radius 1 is 1.33 bits per heavy atom. The molecule has 0 spiro atoms. The van der Waals surface area contributed by atoms with Gasteiger partial charge in [0.05, 0.1) is 27.2 Å². The zero-order valence-corrected chi connectivity index (χ0v) is 16.8. The Bertz CT molecular complexity index is 1180. The first kappa shape index (κ1) is 21.8. The van der Waals surface area contributed by atoms with Crippen molar-refractivity contribution < 1.29 is 18.0 Å². The number of thioether (sulfide) groups is 1. The number of hydrogen-bond donors (Lipinski definition) is 1. The molecule has 2 aromatic heterocycles. The maximum absolute atomic E-state index is 12.7. The zero-order chi connectivity index (χ0) is 21.9. The van der Waals surface area contributed by atoms with Crippen LogP contribution in [0, 0.1) is 0 Å². The van der Waals surface area contributed by atoms with Crippen LogP contribution in [0.15, 0.2) is 59.1 Å². The Balaban J connectivity index is 1.78. The molecule has 0 aliphatic rings. The van der Waals surface area contributed by atoms with E-state index in [1.54, 1.807) is 24.3 Å². The van der Waals surface area contributed by atoms with Gasteiger partial charge in [-0.25, -0.2) is 9.97 Å². The Labute approximate surface area is 177 Å². The first-order valence-electron chi connectivity index (χ1n) is 8.46. The number of pyridine rings is 1. The van der Waals surface area contributed by atoms with Gasteiger partial charge in [-0.1, -0.05) is 41.6 Å². The summed E-state index contributed by atoms with van der Waals surface area (Å²) in [6, 6.07) is 7.50. The molecule has 3 rings (SSSR count). The van der Waals surface area contributed by atoms with E-state index in [0.29, 0.717) is 28.3 Å². The first-order valence-corrected chi connectivity index (χ1v) is 9.83. The van der Waals surface area contributed by atoms with Crippen LogP contribution in [0.1, 0.15) is 5.56 Å². The second-order valence-corrected chi connectivity index (χ2v) is 7.35. The van der Waals surface area contributed by atoms with E-state index in [9.17, 15) is 22.8 Å². The van der Waals surface area contributed by atoms with Gasteiger partial charge in [0.25, 0.3) is 5.56 Å². The topological polar surface area (TPSA) is 76.9 Å². The number of amides is 1. The van der Waals surface area contributed by atoms with Crippen LogP contribution in [-0.4, -0.2) is 26.2 Å². The predicted molar refractivity (Wildman–Crippen MR) is 110 cm³/mol. The monoisotopic (exact) mass is 454 g/mol. The van der Waals surface area contributed by atoms with Crippen molar-refractivity contribution in [1.29, 1.82) is 0 Å². The van der Waals surface area contributed by atoms with Gasteiger partial charge < -0.3 is 5.32 Å². The number of carbonyl (C=O) groups excluding carboxylic acids is 1. The Hall–Kier alpha value is -2.85. The molecule has 1 N–H and O–H groups in total. The highest BCUT2D eigenvalue weighted by Gasteiger charge is 2.31. The Kier molecular flexibility index (Phi) is 6.47. The third kappa shape index (κ3) is 4.82. The second-order valence-electron chi connectivity index (χ2n) is 6.00. The molecule has 2 heterocycles. The average Bonchev–Trinajstić information content (AvgIpc) is 2.69. The maximum Gasteiger partial charge on any atom is 0.417 e. The highest BCUT2D eigenvalue weighted by molar-refractivity contribution is 7.99. The molecular formula is C19H14ClF3N4O2S. The summed E-state index contributed by atoms with van der Waals surface area (Å²) in [5.41, 5.74) is -0.803. The molecule has 11 heteroatoms. The fourth-order valence-electron chi connectivity index (χ4n) is 2.53. The number of rotatable bonds is 6. The summed E-state index contributed by atoms with van der Waals surface area (Å²) in [7, 11) is 0. The van der Waals surface area contributed by atoms with Gasteiger partial charge in [0.15, 0.2) is 11.0 Å². The van der Waals surface area contributed by atoms with Crippen molar-refractivity contribution >= 4 is 46.0 Å². The fourth-order valence-corrected chi connectivity index (χ4v) is 3.55. The van der Waals surface area contributed by atoms with Crippen LogP contribution < -0.4 is 10.9 Å². The number of nitrogens with zero attached hydrogens (tertiary/aromatic N) is 3. The molecule has 0 aliphatic heterocycles. The lowest BCUT2D eigenvalue weighted by atomic mass is 10.2. The highest BCUT2D eigenvalue weighted by atomic mass is 35.5. The smallest absolute Gasteiger partial charge is 0.309 e. The van der Waals surface area contributed by atoms with Gasteiger partial charge >= 0.3 is 6.18 Å². The normalized spacial score (nSPS) is 11.5. The van der Waals surface area contributed by atoms with Gasteiger partial charge in [-0.2, -0.15) is 13.2 Å². The van der Waals surface area contributed by atoms with Crippen molar-refractivity contribution in [3.05, 3.63) is 70.1 Å². The van der Waals surface area contributed by atoms with Gasteiger partial charge in [-0.3, -0.25) is 14.2 Å². The SMILES string of the molecule is C=CCn1c(SCC(=O)Nc2ncc(C(F)(F)F)cc2Cl)nc2ccccc2c1=O. The van der Waals surface area contributed by atoms with Gasteiger partial charge in [-0.05, 0) is 18.2 Å². The minimum Gasteiger partial charge on any atom is -0.309 e. The van der Waals surface area contributed by atoms with E-state index in [0.717, 1.165) is 11.8 Å². The molecule has 0 bridgehead atoms. The lowest BCUT2D eigenvalue weighted by molar-refractivity contribution is -0.137. The van der Waals surface area contributed by atoms with Crippen molar-refractivity contribution in [3.63, 3.8) is 0 Å². The number of halogens is 4. The molecule has 0 aliphatic carbocycles. The molecule has 1 amide bonds. The number of benzene rings is 1. The number of hydrogen-bond acceptors (Lipinski definition) is 5. The van der Waals surface area contributed by atoms with Crippen LogP contribution in [0.4, 0.5) is 19.0 Å². The molecule has 1 aromatic carbocycles. The summed E-state index contributed by atoms with van der Waals surface area (Å²) in [6.45, 7) is 3.83. The molecule has 0 fully saturated rings. The molecule has 0 radical (unpaired) electrons. The number of allylic oxidation sites excluding steroid dienone is 1. The molecule has 0 saturated heterocycles. The Morgan fingerprint density at radius 2 is 2.07 bits per heavy atom. The average molecular weight is 455 g/mol. The third-order valence-corrected chi connectivity index (χ3v) is 5.16. The summed E-state index contributed by atoms with van der Waals surface area (Å²) >= 11 is 6.79. The van der Waals surface area contributed by atoms with Crippen molar-refractivity contribution in [2.24, 2.45) is 0 Å².